The Bertz CT molecular complexity index is 1340. The number of benzene rings is 2. The van der Waals surface area contributed by atoms with Crippen LogP contribution in [0.3, 0.4) is 0 Å². The zero-order valence-electron chi connectivity index (χ0n) is 19.1. The van der Waals surface area contributed by atoms with Gasteiger partial charge in [0.25, 0.3) is 5.69 Å². The number of fused-ring (bicyclic) bond motifs is 7. The Balaban J connectivity index is 1.57. The number of nitro benzene ring substituents is 1. The first-order chi connectivity index (χ1) is 16.2. The molecule has 0 unspecified atom stereocenters. The second-order valence-electron chi connectivity index (χ2n) is 9.82. The molecule has 0 aromatic heterocycles. The molecule has 6 rings (SSSR count). The highest BCUT2D eigenvalue weighted by Crippen LogP contribution is 2.61. The van der Waals surface area contributed by atoms with E-state index in [9.17, 15) is 24.5 Å². The highest BCUT2D eigenvalue weighted by molar-refractivity contribution is 6.26. The van der Waals surface area contributed by atoms with Crippen LogP contribution in [-0.4, -0.2) is 40.1 Å². The zero-order chi connectivity index (χ0) is 24.1. The molecule has 34 heavy (non-hydrogen) atoms. The number of nitro groups is 1. The second-order valence-corrected chi connectivity index (χ2v) is 9.82. The van der Waals surface area contributed by atoms with Crippen LogP contribution in [0.2, 0.25) is 0 Å². The minimum absolute atomic E-state index is 0.150. The van der Waals surface area contributed by atoms with E-state index < -0.39 is 28.2 Å². The molecular formula is C25H24N4O5. The lowest BCUT2D eigenvalue weighted by molar-refractivity contribution is -0.385. The summed E-state index contributed by atoms with van der Waals surface area (Å²) in [4.78, 5) is 55.9. The number of aryl methyl sites for hydroxylation is 2. The molecule has 4 atom stereocenters. The van der Waals surface area contributed by atoms with E-state index in [2.05, 4.69) is 10.2 Å². The molecule has 4 aliphatic heterocycles. The van der Waals surface area contributed by atoms with Gasteiger partial charge in [-0.1, -0.05) is 23.8 Å². The van der Waals surface area contributed by atoms with Gasteiger partial charge in [-0.3, -0.25) is 29.4 Å². The lowest BCUT2D eigenvalue weighted by atomic mass is 9.75. The first-order valence-electron chi connectivity index (χ1n) is 11.5. The Labute approximate surface area is 195 Å². The highest BCUT2D eigenvalue weighted by atomic mass is 16.6. The van der Waals surface area contributed by atoms with Gasteiger partial charge in [0.2, 0.25) is 17.7 Å². The molecule has 3 fully saturated rings. The van der Waals surface area contributed by atoms with Gasteiger partial charge in [0.1, 0.15) is 5.54 Å². The third-order valence-electron chi connectivity index (χ3n) is 8.16. The average molecular weight is 460 g/mol. The van der Waals surface area contributed by atoms with Crippen LogP contribution in [0.1, 0.15) is 35.1 Å². The molecule has 2 aromatic carbocycles. The monoisotopic (exact) mass is 460 g/mol. The third-order valence-corrected chi connectivity index (χ3v) is 8.16. The molecule has 1 spiro atoms. The molecule has 9 nitrogen and oxygen atoms in total. The number of rotatable bonds is 2. The van der Waals surface area contributed by atoms with Crippen molar-refractivity contribution in [2.75, 3.05) is 16.8 Å². The van der Waals surface area contributed by atoms with Gasteiger partial charge in [-0.25, -0.2) is 4.90 Å². The minimum atomic E-state index is -1.26. The molecule has 2 aromatic rings. The number of nitrogens with zero attached hydrogens (tertiary/aromatic N) is 3. The van der Waals surface area contributed by atoms with Crippen LogP contribution < -0.4 is 10.2 Å². The van der Waals surface area contributed by atoms with Crippen LogP contribution in [0, 0.1) is 42.7 Å². The van der Waals surface area contributed by atoms with Crippen LogP contribution in [-0.2, 0) is 19.9 Å². The van der Waals surface area contributed by atoms with Gasteiger partial charge in [-0.15, -0.1) is 0 Å². The second kappa shape index (κ2) is 6.73. The molecule has 9 heteroatoms. The summed E-state index contributed by atoms with van der Waals surface area (Å²) in [5.41, 5.74) is 2.44. The normalized spacial score (nSPS) is 29.6. The Morgan fingerprint density at radius 3 is 2.62 bits per heavy atom. The third kappa shape index (κ3) is 2.30. The minimum Gasteiger partial charge on any atom is -0.324 e. The molecule has 0 aliphatic carbocycles. The van der Waals surface area contributed by atoms with E-state index in [4.69, 9.17) is 0 Å². The molecule has 4 heterocycles. The van der Waals surface area contributed by atoms with Crippen LogP contribution in [0.4, 0.5) is 17.1 Å². The molecular weight excluding hydrogens is 436 g/mol. The van der Waals surface area contributed by atoms with Crippen molar-refractivity contribution < 1.29 is 19.3 Å². The van der Waals surface area contributed by atoms with E-state index >= 15 is 0 Å². The summed E-state index contributed by atoms with van der Waals surface area (Å²) in [6.45, 7) is 6.06. The number of hydrogen-bond acceptors (Lipinski definition) is 6. The number of imide groups is 1. The van der Waals surface area contributed by atoms with Crippen molar-refractivity contribution >= 4 is 34.8 Å². The van der Waals surface area contributed by atoms with Crippen molar-refractivity contribution in [1.29, 1.82) is 0 Å². The van der Waals surface area contributed by atoms with Gasteiger partial charge in [0.15, 0.2) is 0 Å². The summed E-state index contributed by atoms with van der Waals surface area (Å²) in [5, 5.41) is 14.5. The lowest BCUT2D eigenvalue weighted by Gasteiger charge is -2.37. The molecule has 3 amide bonds. The number of carbonyl (C=O) groups is 3. The Morgan fingerprint density at radius 1 is 1.12 bits per heavy atom. The van der Waals surface area contributed by atoms with Gasteiger partial charge in [-0.2, -0.15) is 0 Å². The van der Waals surface area contributed by atoms with Gasteiger partial charge in [0.05, 0.1) is 28.0 Å². The fraction of sp³-hybridized carbons (Fsp3) is 0.400. The number of nitrogens with one attached hydrogen (secondary N) is 1. The van der Waals surface area contributed by atoms with E-state index in [0.29, 0.717) is 12.2 Å². The Morgan fingerprint density at radius 2 is 1.88 bits per heavy atom. The zero-order valence-corrected chi connectivity index (χ0v) is 19.1. The average Bonchev–Trinajstić information content (AvgIpc) is 3.48. The summed E-state index contributed by atoms with van der Waals surface area (Å²) in [6, 6.07) is 8.12. The summed E-state index contributed by atoms with van der Waals surface area (Å²) < 4.78 is 0. The molecule has 4 aliphatic rings. The summed E-state index contributed by atoms with van der Waals surface area (Å²) >= 11 is 0. The number of carbonyl (C=O) groups excluding carboxylic acids is 3. The molecule has 0 saturated carbocycles. The largest absolute Gasteiger partial charge is 0.324 e. The summed E-state index contributed by atoms with van der Waals surface area (Å²) in [5.74, 6) is -2.67. The topological polar surface area (TPSA) is 113 Å². The number of anilines is 2. The fourth-order valence-electron chi connectivity index (χ4n) is 6.95. The summed E-state index contributed by atoms with van der Waals surface area (Å²) in [7, 11) is 0. The van der Waals surface area contributed by atoms with Crippen molar-refractivity contribution in [3.05, 3.63) is 62.7 Å². The van der Waals surface area contributed by atoms with Crippen molar-refractivity contribution in [2.45, 2.75) is 45.2 Å². The predicted molar refractivity (Wildman–Crippen MR) is 123 cm³/mol. The van der Waals surface area contributed by atoms with E-state index in [1.54, 1.807) is 13.0 Å². The number of amides is 3. The van der Waals surface area contributed by atoms with Crippen molar-refractivity contribution in [1.82, 2.24) is 4.90 Å². The molecule has 174 valence electrons. The maximum Gasteiger partial charge on any atom is 0.274 e. The highest BCUT2D eigenvalue weighted by Gasteiger charge is 2.74. The van der Waals surface area contributed by atoms with Gasteiger partial charge < -0.3 is 5.32 Å². The van der Waals surface area contributed by atoms with E-state index in [0.717, 1.165) is 34.4 Å². The van der Waals surface area contributed by atoms with Gasteiger partial charge >= 0.3 is 0 Å². The molecule has 3 saturated heterocycles. The maximum absolute atomic E-state index is 14.1. The van der Waals surface area contributed by atoms with E-state index in [1.165, 1.54) is 12.1 Å². The Hall–Kier alpha value is -3.59. The smallest absolute Gasteiger partial charge is 0.274 e. The fourth-order valence-corrected chi connectivity index (χ4v) is 6.95. The lowest BCUT2D eigenvalue weighted by Crippen LogP contribution is -2.54. The van der Waals surface area contributed by atoms with Crippen LogP contribution in [0.5, 0.6) is 0 Å². The van der Waals surface area contributed by atoms with Gasteiger partial charge in [-0.05, 0) is 51.8 Å². The quantitative estimate of drug-likeness (QED) is 0.419. The standard InChI is InChI=1S/C25H24N4O5/c1-12-10-13(2)21-15(11-12)25(24(32)26-21)20-19(18-8-5-9-27(18)25)22(30)28(23(20)31)16-6-4-7-17(14(16)3)29(33)34/h4,6-7,10-11,18-20H,5,8-9H2,1-3H3,(H,26,32)/t18-,19-,20+,25-/m1/s1. The van der Waals surface area contributed by atoms with Crippen molar-refractivity contribution in [3.63, 3.8) is 0 Å². The van der Waals surface area contributed by atoms with Crippen LogP contribution in [0.15, 0.2) is 30.3 Å². The van der Waals surface area contributed by atoms with Gasteiger partial charge in [0, 0.05) is 23.4 Å². The maximum atomic E-state index is 14.1. The first-order valence-corrected chi connectivity index (χ1v) is 11.5. The molecule has 0 bridgehead atoms. The Kier molecular flexibility index (Phi) is 4.15. The van der Waals surface area contributed by atoms with Crippen LogP contribution >= 0.6 is 0 Å². The SMILES string of the molecule is Cc1cc(C)c2c(c1)[C@]1(C(=O)N2)[C@@H]2C(=O)N(c3cccc([N+](=O)[O-])c3C)C(=O)[C@@H]2[C@H]2CCCN21. The van der Waals surface area contributed by atoms with Crippen LogP contribution in [0.25, 0.3) is 0 Å². The molecule has 1 N–H and O–H groups in total. The predicted octanol–water partition coefficient (Wildman–Crippen LogP) is 2.95. The summed E-state index contributed by atoms with van der Waals surface area (Å²) in [6.07, 6.45) is 1.55. The first kappa shape index (κ1) is 21.0. The van der Waals surface area contributed by atoms with Crippen molar-refractivity contribution in [2.24, 2.45) is 11.8 Å². The van der Waals surface area contributed by atoms with E-state index in [1.807, 2.05) is 26.0 Å². The van der Waals surface area contributed by atoms with E-state index in [-0.39, 0.29) is 34.8 Å². The van der Waals surface area contributed by atoms with Crippen molar-refractivity contribution in [3.8, 4) is 0 Å². The number of hydrogen-bond donors (Lipinski definition) is 1. The molecule has 0 radical (unpaired) electrons.